The first-order valence-electron chi connectivity index (χ1n) is 10.2. The number of carbonyl (C=O) groups is 4. The van der Waals surface area contributed by atoms with E-state index in [1.165, 1.54) is 21.0 Å². The summed E-state index contributed by atoms with van der Waals surface area (Å²) in [5, 5.41) is 0. The molecule has 1 aromatic carbocycles. The molecule has 5 atom stereocenters. The summed E-state index contributed by atoms with van der Waals surface area (Å²) in [6.07, 6.45) is -5.20. The second-order valence-corrected chi connectivity index (χ2v) is 8.52. The first-order chi connectivity index (χ1) is 15.9. The SMILES string of the molecule is COc1cc(Br)ccc1OC1OC(COC(C)=O)C(OC(C)=O)C(OC(C)=O)C1(C)OC(C)=O. The Labute approximate surface area is 205 Å². The molecule has 1 aromatic rings. The standard InChI is InChI=1S/C22H27BrO11/c1-11(24)29-10-18-19(30-12(2)25)20(31-13(3)26)22(5,34-14(4)27)21(33-18)32-16-8-7-15(23)9-17(16)28-6/h7-9,18-21H,10H2,1-6H3. The predicted molar refractivity (Wildman–Crippen MR) is 118 cm³/mol. The molecule has 0 bridgehead atoms. The Hall–Kier alpha value is -2.86. The van der Waals surface area contributed by atoms with Gasteiger partial charge in [-0.15, -0.1) is 0 Å². The van der Waals surface area contributed by atoms with Gasteiger partial charge in [-0.05, 0) is 25.1 Å². The zero-order valence-corrected chi connectivity index (χ0v) is 21.2. The molecule has 5 unspecified atom stereocenters. The summed E-state index contributed by atoms with van der Waals surface area (Å²) in [6, 6.07) is 4.91. The van der Waals surface area contributed by atoms with Crippen molar-refractivity contribution in [2.75, 3.05) is 13.7 Å². The number of methoxy groups -OCH3 is 1. The van der Waals surface area contributed by atoms with Crippen molar-refractivity contribution in [3.8, 4) is 11.5 Å². The average Bonchev–Trinajstić information content (AvgIpc) is 2.71. The van der Waals surface area contributed by atoms with Gasteiger partial charge in [0.05, 0.1) is 7.11 Å². The summed E-state index contributed by atoms with van der Waals surface area (Å²) in [5.74, 6) is -2.28. The molecule has 188 valence electrons. The molecule has 1 aliphatic heterocycles. The molecule has 0 aromatic heterocycles. The Kier molecular flexibility index (Phi) is 9.28. The van der Waals surface area contributed by atoms with Gasteiger partial charge in [0, 0.05) is 32.2 Å². The summed E-state index contributed by atoms with van der Waals surface area (Å²) in [6.45, 7) is 5.68. The molecule has 1 aliphatic rings. The van der Waals surface area contributed by atoms with Crippen LogP contribution >= 0.6 is 15.9 Å². The fraction of sp³-hybridized carbons (Fsp3) is 0.545. The van der Waals surface area contributed by atoms with Crippen molar-refractivity contribution >= 4 is 39.8 Å². The number of rotatable bonds is 8. The fourth-order valence-electron chi connectivity index (χ4n) is 3.47. The highest BCUT2D eigenvalue weighted by Crippen LogP contribution is 2.40. The van der Waals surface area contributed by atoms with E-state index in [2.05, 4.69) is 15.9 Å². The van der Waals surface area contributed by atoms with Crippen LogP contribution in [-0.2, 0) is 42.9 Å². The quantitative estimate of drug-likeness (QED) is 0.351. The van der Waals surface area contributed by atoms with Crippen molar-refractivity contribution < 1.29 is 52.3 Å². The Morgan fingerprint density at radius 3 is 2.15 bits per heavy atom. The molecule has 1 fully saturated rings. The highest BCUT2D eigenvalue weighted by molar-refractivity contribution is 9.10. The van der Waals surface area contributed by atoms with E-state index < -0.39 is 54.1 Å². The second-order valence-electron chi connectivity index (χ2n) is 7.60. The van der Waals surface area contributed by atoms with E-state index in [0.717, 1.165) is 20.8 Å². The van der Waals surface area contributed by atoms with Crippen LogP contribution in [0.15, 0.2) is 22.7 Å². The van der Waals surface area contributed by atoms with Gasteiger partial charge in [0.1, 0.15) is 12.7 Å². The molecule has 0 amide bonds. The molecule has 1 heterocycles. The lowest BCUT2D eigenvalue weighted by Crippen LogP contribution is -2.69. The minimum atomic E-state index is -1.79. The lowest BCUT2D eigenvalue weighted by atomic mass is 9.87. The van der Waals surface area contributed by atoms with Crippen molar-refractivity contribution in [2.24, 2.45) is 0 Å². The highest BCUT2D eigenvalue weighted by Gasteiger charge is 2.61. The van der Waals surface area contributed by atoms with Crippen molar-refractivity contribution in [1.29, 1.82) is 0 Å². The van der Waals surface area contributed by atoms with E-state index in [1.54, 1.807) is 18.2 Å². The van der Waals surface area contributed by atoms with Crippen molar-refractivity contribution in [2.45, 2.75) is 64.8 Å². The van der Waals surface area contributed by atoms with Gasteiger partial charge in [-0.3, -0.25) is 19.2 Å². The summed E-state index contributed by atoms with van der Waals surface area (Å²) < 4.78 is 39.5. The van der Waals surface area contributed by atoms with E-state index in [0.29, 0.717) is 10.2 Å². The smallest absolute Gasteiger partial charge is 0.303 e. The van der Waals surface area contributed by atoms with Crippen LogP contribution in [0.3, 0.4) is 0 Å². The van der Waals surface area contributed by atoms with E-state index in [-0.39, 0.29) is 12.4 Å². The normalized spacial score (nSPS) is 26.1. The molecule has 0 saturated carbocycles. The first-order valence-corrected chi connectivity index (χ1v) is 11.0. The minimum absolute atomic E-state index is 0.216. The van der Waals surface area contributed by atoms with Crippen LogP contribution in [0.2, 0.25) is 0 Å². The molecular weight excluding hydrogens is 520 g/mol. The number of hydrogen-bond acceptors (Lipinski definition) is 11. The van der Waals surface area contributed by atoms with E-state index >= 15 is 0 Å². The van der Waals surface area contributed by atoms with E-state index in [1.807, 2.05) is 0 Å². The summed E-state index contributed by atoms with van der Waals surface area (Å²) >= 11 is 3.34. The van der Waals surface area contributed by atoms with Crippen LogP contribution < -0.4 is 9.47 Å². The van der Waals surface area contributed by atoms with E-state index in [9.17, 15) is 19.2 Å². The molecule has 0 radical (unpaired) electrons. The minimum Gasteiger partial charge on any atom is -0.493 e. The Morgan fingerprint density at radius 1 is 0.971 bits per heavy atom. The molecule has 0 spiro atoms. The van der Waals surface area contributed by atoms with Crippen LogP contribution in [-0.4, -0.2) is 67.8 Å². The highest BCUT2D eigenvalue weighted by atomic mass is 79.9. The zero-order chi connectivity index (χ0) is 25.6. The molecule has 2 rings (SSSR count). The van der Waals surface area contributed by atoms with Crippen molar-refractivity contribution in [1.82, 2.24) is 0 Å². The Bertz CT molecular complexity index is 933. The number of benzene rings is 1. The fourth-order valence-corrected chi connectivity index (χ4v) is 3.81. The van der Waals surface area contributed by atoms with Gasteiger partial charge in [-0.25, -0.2) is 0 Å². The number of ether oxygens (including phenoxy) is 7. The lowest BCUT2D eigenvalue weighted by Gasteiger charge is -2.49. The molecule has 0 N–H and O–H groups in total. The molecule has 34 heavy (non-hydrogen) atoms. The number of esters is 4. The monoisotopic (exact) mass is 546 g/mol. The number of hydrogen-bond donors (Lipinski definition) is 0. The topological polar surface area (TPSA) is 133 Å². The number of carbonyl (C=O) groups excluding carboxylic acids is 4. The van der Waals surface area contributed by atoms with Crippen LogP contribution in [0.1, 0.15) is 34.6 Å². The predicted octanol–water partition coefficient (Wildman–Crippen LogP) is 2.31. The Balaban J connectivity index is 2.59. The first kappa shape index (κ1) is 27.4. The third-order valence-corrected chi connectivity index (χ3v) is 5.26. The average molecular weight is 547 g/mol. The van der Waals surface area contributed by atoms with E-state index in [4.69, 9.17) is 33.2 Å². The van der Waals surface area contributed by atoms with Crippen LogP contribution in [0, 0.1) is 0 Å². The van der Waals surface area contributed by atoms with Gasteiger partial charge in [0.2, 0.25) is 11.9 Å². The summed E-state index contributed by atoms with van der Waals surface area (Å²) in [5.41, 5.74) is -1.79. The van der Waals surface area contributed by atoms with Crippen LogP contribution in [0.5, 0.6) is 11.5 Å². The van der Waals surface area contributed by atoms with Gasteiger partial charge < -0.3 is 33.2 Å². The lowest BCUT2D eigenvalue weighted by molar-refractivity contribution is -0.321. The van der Waals surface area contributed by atoms with Crippen molar-refractivity contribution in [3.63, 3.8) is 0 Å². The maximum absolute atomic E-state index is 12.1. The molecular formula is C22H27BrO11. The van der Waals surface area contributed by atoms with Crippen LogP contribution in [0.4, 0.5) is 0 Å². The van der Waals surface area contributed by atoms with Crippen LogP contribution in [0.25, 0.3) is 0 Å². The van der Waals surface area contributed by atoms with Gasteiger partial charge in [-0.1, -0.05) is 15.9 Å². The summed E-state index contributed by atoms with van der Waals surface area (Å²) in [7, 11) is 1.43. The summed E-state index contributed by atoms with van der Waals surface area (Å²) in [4.78, 5) is 47.4. The maximum atomic E-state index is 12.1. The maximum Gasteiger partial charge on any atom is 0.303 e. The van der Waals surface area contributed by atoms with Gasteiger partial charge >= 0.3 is 23.9 Å². The van der Waals surface area contributed by atoms with Gasteiger partial charge in [-0.2, -0.15) is 0 Å². The third kappa shape index (κ3) is 6.83. The van der Waals surface area contributed by atoms with Crippen molar-refractivity contribution in [3.05, 3.63) is 22.7 Å². The zero-order valence-electron chi connectivity index (χ0n) is 19.6. The van der Waals surface area contributed by atoms with Gasteiger partial charge in [0.15, 0.2) is 23.7 Å². The number of halogens is 1. The van der Waals surface area contributed by atoms with Gasteiger partial charge in [0.25, 0.3) is 0 Å². The third-order valence-electron chi connectivity index (χ3n) is 4.77. The molecule has 0 aliphatic carbocycles. The largest absolute Gasteiger partial charge is 0.493 e. The molecule has 12 heteroatoms. The second kappa shape index (κ2) is 11.5. The Morgan fingerprint density at radius 2 is 1.62 bits per heavy atom. The molecule has 1 saturated heterocycles. The molecule has 11 nitrogen and oxygen atoms in total.